The van der Waals surface area contributed by atoms with Crippen molar-refractivity contribution in [1.29, 1.82) is 0 Å². The average Bonchev–Trinajstić information content (AvgIpc) is 2.53. The molecule has 1 aromatic rings. The van der Waals surface area contributed by atoms with Gasteiger partial charge in [0.15, 0.2) is 5.13 Å². The van der Waals surface area contributed by atoms with E-state index < -0.39 is 0 Å². The summed E-state index contributed by atoms with van der Waals surface area (Å²) < 4.78 is 0.939. The van der Waals surface area contributed by atoms with Crippen LogP contribution >= 0.6 is 27.3 Å². The lowest BCUT2D eigenvalue weighted by molar-refractivity contribution is 0.628. The molecule has 74 valence electrons. The highest BCUT2D eigenvalue weighted by Gasteiger charge is 2.13. The molecule has 13 heavy (non-hydrogen) atoms. The van der Waals surface area contributed by atoms with E-state index in [2.05, 4.69) is 46.6 Å². The molecule has 0 amide bonds. The third-order valence-electron chi connectivity index (χ3n) is 2.17. The maximum Gasteiger partial charge on any atom is 0.186 e. The Kier molecular flexibility index (Phi) is 4.19. The van der Waals surface area contributed by atoms with Crippen LogP contribution in [0.2, 0.25) is 0 Å². The predicted octanol–water partition coefficient (Wildman–Crippen LogP) is 3.53. The quantitative estimate of drug-likeness (QED) is 0.826. The van der Waals surface area contributed by atoms with Crippen LogP contribution in [0.5, 0.6) is 0 Å². The number of aromatic nitrogens is 1. The van der Waals surface area contributed by atoms with Crippen molar-refractivity contribution in [2.75, 3.05) is 11.4 Å². The molecule has 1 heterocycles. The van der Waals surface area contributed by atoms with E-state index in [1.807, 2.05) is 5.38 Å². The smallest absolute Gasteiger partial charge is 0.186 e. The number of rotatable bonds is 4. The van der Waals surface area contributed by atoms with Crippen molar-refractivity contribution in [2.45, 2.75) is 33.2 Å². The van der Waals surface area contributed by atoms with Gasteiger partial charge in [0.25, 0.3) is 0 Å². The molecule has 0 bridgehead atoms. The van der Waals surface area contributed by atoms with E-state index in [9.17, 15) is 0 Å². The van der Waals surface area contributed by atoms with Gasteiger partial charge in [0.1, 0.15) is 4.60 Å². The van der Waals surface area contributed by atoms with Crippen LogP contribution in [0, 0.1) is 0 Å². The SMILES string of the molecule is CCC(C)N(CC)c1nc(Br)cs1. The Morgan fingerprint density at radius 1 is 1.62 bits per heavy atom. The summed E-state index contributed by atoms with van der Waals surface area (Å²) in [4.78, 5) is 6.74. The van der Waals surface area contributed by atoms with Crippen molar-refractivity contribution in [1.82, 2.24) is 4.98 Å². The van der Waals surface area contributed by atoms with E-state index in [0.29, 0.717) is 6.04 Å². The lowest BCUT2D eigenvalue weighted by Gasteiger charge is -2.26. The summed E-state index contributed by atoms with van der Waals surface area (Å²) >= 11 is 5.07. The summed E-state index contributed by atoms with van der Waals surface area (Å²) in [5.74, 6) is 0. The van der Waals surface area contributed by atoms with Crippen molar-refractivity contribution in [3.63, 3.8) is 0 Å². The predicted molar refractivity (Wildman–Crippen MR) is 62.6 cm³/mol. The Bertz CT molecular complexity index is 262. The molecule has 0 fully saturated rings. The Morgan fingerprint density at radius 2 is 2.31 bits per heavy atom. The molecule has 1 aromatic heterocycles. The highest BCUT2D eigenvalue weighted by Crippen LogP contribution is 2.25. The molecule has 0 saturated heterocycles. The van der Waals surface area contributed by atoms with Gasteiger partial charge in [-0.3, -0.25) is 0 Å². The van der Waals surface area contributed by atoms with Crippen LogP contribution in [0.1, 0.15) is 27.2 Å². The highest BCUT2D eigenvalue weighted by molar-refractivity contribution is 9.10. The van der Waals surface area contributed by atoms with Crippen LogP contribution < -0.4 is 4.90 Å². The van der Waals surface area contributed by atoms with Gasteiger partial charge in [0.2, 0.25) is 0 Å². The molecule has 1 atom stereocenters. The summed E-state index contributed by atoms with van der Waals surface area (Å²) in [6.07, 6.45) is 1.16. The molecule has 0 aliphatic carbocycles. The van der Waals surface area contributed by atoms with Crippen LogP contribution in [0.4, 0.5) is 5.13 Å². The minimum absolute atomic E-state index is 0.572. The molecular weight excluding hydrogens is 248 g/mol. The Labute approximate surface area is 92.1 Å². The van der Waals surface area contributed by atoms with Gasteiger partial charge in [0, 0.05) is 18.0 Å². The Hall–Kier alpha value is -0.0900. The molecule has 1 unspecified atom stereocenters. The van der Waals surface area contributed by atoms with Crippen molar-refractivity contribution >= 4 is 32.4 Å². The molecule has 0 aliphatic rings. The van der Waals surface area contributed by atoms with Crippen molar-refractivity contribution in [3.05, 3.63) is 9.98 Å². The van der Waals surface area contributed by atoms with Crippen molar-refractivity contribution < 1.29 is 0 Å². The highest BCUT2D eigenvalue weighted by atomic mass is 79.9. The van der Waals surface area contributed by atoms with Crippen LogP contribution in [0.3, 0.4) is 0 Å². The van der Waals surface area contributed by atoms with E-state index >= 15 is 0 Å². The van der Waals surface area contributed by atoms with E-state index in [4.69, 9.17) is 0 Å². The van der Waals surface area contributed by atoms with Gasteiger partial charge in [-0.15, -0.1) is 11.3 Å². The monoisotopic (exact) mass is 262 g/mol. The minimum atomic E-state index is 0.572. The number of thiazole rings is 1. The summed E-state index contributed by atoms with van der Waals surface area (Å²) in [5, 5.41) is 3.14. The molecule has 0 radical (unpaired) electrons. The van der Waals surface area contributed by atoms with Gasteiger partial charge < -0.3 is 4.90 Å². The molecular formula is C9H15BrN2S. The van der Waals surface area contributed by atoms with Gasteiger partial charge in [-0.1, -0.05) is 6.92 Å². The van der Waals surface area contributed by atoms with Gasteiger partial charge in [-0.2, -0.15) is 0 Å². The number of hydrogen-bond donors (Lipinski definition) is 0. The lowest BCUT2D eigenvalue weighted by atomic mass is 10.2. The molecule has 0 aliphatic heterocycles. The first-order valence-corrected chi connectivity index (χ1v) is 6.24. The minimum Gasteiger partial charge on any atom is -0.346 e. The third kappa shape index (κ3) is 2.68. The molecule has 0 saturated carbocycles. The average molecular weight is 263 g/mol. The Balaban J connectivity index is 2.77. The van der Waals surface area contributed by atoms with E-state index in [1.54, 1.807) is 11.3 Å². The lowest BCUT2D eigenvalue weighted by Crippen LogP contribution is -2.32. The second kappa shape index (κ2) is 4.96. The fourth-order valence-corrected chi connectivity index (χ4v) is 2.65. The first-order valence-electron chi connectivity index (χ1n) is 4.56. The standard InChI is InChI=1S/C9H15BrN2S/c1-4-7(3)12(5-2)9-11-8(10)6-13-9/h6-7H,4-5H2,1-3H3. The Morgan fingerprint density at radius 3 is 2.69 bits per heavy atom. The summed E-state index contributed by atoms with van der Waals surface area (Å²) in [7, 11) is 0. The second-order valence-corrected chi connectivity index (χ2v) is 4.65. The maximum absolute atomic E-state index is 4.41. The zero-order valence-electron chi connectivity index (χ0n) is 8.25. The van der Waals surface area contributed by atoms with Crippen LogP contribution in [0.25, 0.3) is 0 Å². The van der Waals surface area contributed by atoms with E-state index in [0.717, 1.165) is 22.7 Å². The van der Waals surface area contributed by atoms with Crippen LogP contribution in [0.15, 0.2) is 9.98 Å². The largest absolute Gasteiger partial charge is 0.346 e. The fraction of sp³-hybridized carbons (Fsp3) is 0.667. The molecule has 0 N–H and O–H groups in total. The van der Waals surface area contributed by atoms with Crippen LogP contribution in [-0.2, 0) is 0 Å². The first-order chi connectivity index (χ1) is 6.19. The molecule has 2 nitrogen and oxygen atoms in total. The number of anilines is 1. The zero-order chi connectivity index (χ0) is 9.84. The number of hydrogen-bond acceptors (Lipinski definition) is 3. The maximum atomic E-state index is 4.41. The summed E-state index contributed by atoms with van der Waals surface area (Å²) in [6, 6.07) is 0.572. The van der Waals surface area contributed by atoms with Crippen LogP contribution in [-0.4, -0.2) is 17.6 Å². The first kappa shape index (κ1) is 11.0. The van der Waals surface area contributed by atoms with E-state index in [-0.39, 0.29) is 0 Å². The summed E-state index contributed by atoms with van der Waals surface area (Å²) in [6.45, 7) is 7.63. The van der Waals surface area contributed by atoms with Gasteiger partial charge in [-0.05, 0) is 36.2 Å². The molecule has 0 spiro atoms. The normalized spacial score (nSPS) is 12.9. The van der Waals surface area contributed by atoms with Crippen molar-refractivity contribution in [2.24, 2.45) is 0 Å². The summed E-state index contributed by atoms with van der Waals surface area (Å²) in [5.41, 5.74) is 0. The van der Waals surface area contributed by atoms with Crippen molar-refractivity contribution in [3.8, 4) is 0 Å². The third-order valence-corrected chi connectivity index (χ3v) is 3.76. The van der Waals surface area contributed by atoms with Gasteiger partial charge in [0.05, 0.1) is 0 Å². The molecule has 0 aromatic carbocycles. The van der Waals surface area contributed by atoms with Gasteiger partial charge in [-0.25, -0.2) is 4.98 Å². The topological polar surface area (TPSA) is 16.1 Å². The second-order valence-electron chi connectivity index (χ2n) is 3.00. The van der Waals surface area contributed by atoms with Gasteiger partial charge >= 0.3 is 0 Å². The molecule has 4 heteroatoms. The zero-order valence-corrected chi connectivity index (χ0v) is 10.7. The molecule has 1 rings (SSSR count). The number of nitrogens with zero attached hydrogens (tertiary/aromatic N) is 2. The number of halogens is 1. The fourth-order valence-electron chi connectivity index (χ4n) is 1.23. The van der Waals surface area contributed by atoms with E-state index in [1.165, 1.54) is 0 Å².